The minimum atomic E-state index is -0.129. The van der Waals surface area contributed by atoms with Crippen molar-refractivity contribution in [2.24, 2.45) is 0 Å². The fourth-order valence-corrected chi connectivity index (χ4v) is 1.88. The summed E-state index contributed by atoms with van der Waals surface area (Å²) in [6.07, 6.45) is 4.90. The summed E-state index contributed by atoms with van der Waals surface area (Å²) in [6.45, 7) is 1.76. The SMILES string of the molecule is Cc1nc2ccc(-c3cncnc3)cc2c(=O)[nH]1. The first-order chi connectivity index (χ1) is 8.74. The molecule has 1 aromatic carbocycles. The van der Waals surface area contributed by atoms with Crippen molar-refractivity contribution in [3.63, 3.8) is 0 Å². The highest BCUT2D eigenvalue weighted by molar-refractivity contribution is 5.83. The Kier molecular flexibility index (Phi) is 2.37. The molecule has 1 N–H and O–H groups in total. The van der Waals surface area contributed by atoms with Crippen molar-refractivity contribution in [3.05, 3.63) is 53.1 Å². The Morgan fingerprint density at radius 1 is 1.11 bits per heavy atom. The van der Waals surface area contributed by atoms with Crippen LogP contribution in [-0.4, -0.2) is 19.9 Å². The van der Waals surface area contributed by atoms with E-state index in [2.05, 4.69) is 19.9 Å². The predicted octanol–water partition coefficient (Wildman–Crippen LogP) is 1.69. The largest absolute Gasteiger partial charge is 0.310 e. The van der Waals surface area contributed by atoms with E-state index in [0.29, 0.717) is 16.7 Å². The molecule has 88 valence electrons. The van der Waals surface area contributed by atoms with Crippen LogP contribution in [0.1, 0.15) is 5.82 Å². The molecule has 3 aromatic rings. The third-order valence-corrected chi connectivity index (χ3v) is 2.72. The van der Waals surface area contributed by atoms with E-state index in [4.69, 9.17) is 0 Å². The van der Waals surface area contributed by atoms with Crippen LogP contribution < -0.4 is 5.56 Å². The molecule has 0 aliphatic rings. The number of fused-ring (bicyclic) bond motifs is 1. The maximum Gasteiger partial charge on any atom is 0.258 e. The minimum Gasteiger partial charge on any atom is -0.310 e. The second-order valence-corrected chi connectivity index (χ2v) is 4.01. The van der Waals surface area contributed by atoms with Gasteiger partial charge in [-0.1, -0.05) is 6.07 Å². The fraction of sp³-hybridized carbons (Fsp3) is 0.0769. The van der Waals surface area contributed by atoms with Gasteiger partial charge in [-0.3, -0.25) is 4.79 Å². The first kappa shape index (κ1) is 10.6. The minimum absolute atomic E-state index is 0.129. The van der Waals surface area contributed by atoms with Gasteiger partial charge in [-0.15, -0.1) is 0 Å². The number of aryl methyl sites for hydroxylation is 1. The first-order valence-electron chi connectivity index (χ1n) is 5.50. The molecule has 5 heteroatoms. The molecule has 5 nitrogen and oxygen atoms in total. The van der Waals surface area contributed by atoms with Crippen LogP contribution in [-0.2, 0) is 0 Å². The van der Waals surface area contributed by atoms with E-state index < -0.39 is 0 Å². The van der Waals surface area contributed by atoms with Gasteiger partial charge in [0, 0.05) is 18.0 Å². The van der Waals surface area contributed by atoms with Gasteiger partial charge >= 0.3 is 0 Å². The molecule has 0 spiro atoms. The summed E-state index contributed by atoms with van der Waals surface area (Å²) < 4.78 is 0. The number of aromatic nitrogens is 4. The normalized spacial score (nSPS) is 10.7. The maximum absolute atomic E-state index is 11.9. The molecule has 0 saturated carbocycles. The van der Waals surface area contributed by atoms with E-state index in [1.54, 1.807) is 25.4 Å². The van der Waals surface area contributed by atoms with Gasteiger partial charge in [0.1, 0.15) is 12.2 Å². The van der Waals surface area contributed by atoms with Gasteiger partial charge in [0.15, 0.2) is 0 Å². The van der Waals surface area contributed by atoms with Crippen LogP contribution in [0.4, 0.5) is 0 Å². The first-order valence-corrected chi connectivity index (χ1v) is 5.50. The summed E-state index contributed by atoms with van der Waals surface area (Å²) in [5.74, 6) is 0.614. The van der Waals surface area contributed by atoms with Crippen molar-refractivity contribution in [3.8, 4) is 11.1 Å². The third-order valence-electron chi connectivity index (χ3n) is 2.72. The smallest absolute Gasteiger partial charge is 0.258 e. The van der Waals surface area contributed by atoms with Crippen molar-refractivity contribution < 1.29 is 0 Å². The number of nitrogens with zero attached hydrogens (tertiary/aromatic N) is 3. The zero-order chi connectivity index (χ0) is 12.5. The van der Waals surface area contributed by atoms with Crippen molar-refractivity contribution in [2.75, 3.05) is 0 Å². The molecular formula is C13H10N4O. The average Bonchev–Trinajstić information content (AvgIpc) is 2.39. The van der Waals surface area contributed by atoms with E-state index in [9.17, 15) is 4.79 Å². The number of hydrogen-bond donors (Lipinski definition) is 1. The third kappa shape index (κ3) is 1.75. The van der Waals surface area contributed by atoms with Crippen LogP contribution in [0, 0.1) is 6.92 Å². The molecule has 2 aromatic heterocycles. The number of H-pyrrole nitrogens is 1. The molecule has 0 radical (unpaired) electrons. The monoisotopic (exact) mass is 238 g/mol. The standard InChI is InChI=1S/C13H10N4O/c1-8-16-12-3-2-9(4-11(12)13(18)17-8)10-5-14-7-15-6-10/h2-7H,1H3,(H,16,17,18). The fourth-order valence-electron chi connectivity index (χ4n) is 1.88. The highest BCUT2D eigenvalue weighted by Gasteiger charge is 2.04. The van der Waals surface area contributed by atoms with Crippen molar-refractivity contribution >= 4 is 10.9 Å². The zero-order valence-electron chi connectivity index (χ0n) is 9.71. The number of aromatic amines is 1. The van der Waals surface area contributed by atoms with Crippen LogP contribution in [0.2, 0.25) is 0 Å². The highest BCUT2D eigenvalue weighted by Crippen LogP contribution is 2.20. The molecular weight excluding hydrogens is 228 g/mol. The van der Waals surface area contributed by atoms with E-state index >= 15 is 0 Å². The molecule has 0 amide bonds. The van der Waals surface area contributed by atoms with E-state index in [1.807, 2.05) is 12.1 Å². The Labute approximate surface area is 103 Å². The Morgan fingerprint density at radius 2 is 1.89 bits per heavy atom. The predicted molar refractivity (Wildman–Crippen MR) is 68.1 cm³/mol. The lowest BCUT2D eigenvalue weighted by molar-refractivity contribution is 1.06. The molecule has 0 aliphatic carbocycles. The van der Waals surface area contributed by atoms with Crippen molar-refractivity contribution in [1.29, 1.82) is 0 Å². The zero-order valence-corrected chi connectivity index (χ0v) is 9.71. The molecule has 0 fully saturated rings. The van der Waals surface area contributed by atoms with Gasteiger partial charge in [-0.05, 0) is 24.6 Å². The van der Waals surface area contributed by atoms with Gasteiger partial charge < -0.3 is 4.98 Å². The van der Waals surface area contributed by atoms with Gasteiger partial charge in [0.05, 0.1) is 10.9 Å². The number of hydrogen-bond acceptors (Lipinski definition) is 4. The molecule has 0 saturated heterocycles. The van der Waals surface area contributed by atoms with E-state index in [0.717, 1.165) is 11.1 Å². The van der Waals surface area contributed by atoms with Gasteiger partial charge in [-0.2, -0.15) is 0 Å². The van der Waals surface area contributed by atoms with Crippen molar-refractivity contribution in [1.82, 2.24) is 19.9 Å². The van der Waals surface area contributed by atoms with E-state index in [1.165, 1.54) is 6.33 Å². The Bertz CT molecular complexity index is 765. The second kappa shape index (κ2) is 4.03. The number of nitrogens with one attached hydrogen (secondary N) is 1. The lowest BCUT2D eigenvalue weighted by atomic mass is 10.1. The maximum atomic E-state index is 11.9. The Morgan fingerprint density at radius 3 is 2.67 bits per heavy atom. The summed E-state index contributed by atoms with van der Waals surface area (Å²) in [5, 5.41) is 0.571. The summed E-state index contributed by atoms with van der Waals surface area (Å²) in [6, 6.07) is 5.55. The summed E-state index contributed by atoms with van der Waals surface area (Å²) in [4.78, 5) is 26.8. The van der Waals surface area contributed by atoms with Gasteiger partial charge in [0.2, 0.25) is 0 Å². The van der Waals surface area contributed by atoms with Crippen LogP contribution in [0.3, 0.4) is 0 Å². The highest BCUT2D eigenvalue weighted by atomic mass is 16.1. The lowest BCUT2D eigenvalue weighted by Crippen LogP contribution is -2.09. The molecule has 3 rings (SSSR count). The Hall–Kier alpha value is -2.56. The average molecular weight is 238 g/mol. The molecule has 0 bridgehead atoms. The van der Waals surface area contributed by atoms with Crippen LogP contribution in [0.5, 0.6) is 0 Å². The van der Waals surface area contributed by atoms with E-state index in [-0.39, 0.29) is 5.56 Å². The molecule has 18 heavy (non-hydrogen) atoms. The number of benzene rings is 1. The number of rotatable bonds is 1. The molecule has 0 unspecified atom stereocenters. The molecule has 0 atom stereocenters. The van der Waals surface area contributed by atoms with Crippen molar-refractivity contribution in [2.45, 2.75) is 6.92 Å². The van der Waals surface area contributed by atoms with Gasteiger partial charge in [-0.25, -0.2) is 15.0 Å². The molecule has 2 heterocycles. The van der Waals surface area contributed by atoms with Gasteiger partial charge in [0.25, 0.3) is 5.56 Å². The second-order valence-electron chi connectivity index (χ2n) is 4.01. The molecule has 0 aliphatic heterocycles. The summed E-state index contributed by atoms with van der Waals surface area (Å²) in [7, 11) is 0. The quantitative estimate of drug-likeness (QED) is 0.700. The summed E-state index contributed by atoms with van der Waals surface area (Å²) >= 11 is 0. The van der Waals surface area contributed by atoms with Crippen LogP contribution in [0.15, 0.2) is 41.7 Å². The summed E-state index contributed by atoms with van der Waals surface area (Å²) in [5.41, 5.74) is 2.34. The lowest BCUT2D eigenvalue weighted by Gasteiger charge is -2.03. The van der Waals surface area contributed by atoms with Crippen LogP contribution in [0.25, 0.3) is 22.0 Å². The topological polar surface area (TPSA) is 71.5 Å². The Balaban J connectivity index is 2.27. The van der Waals surface area contributed by atoms with Crippen LogP contribution >= 0.6 is 0 Å².